The van der Waals surface area contributed by atoms with Crippen LogP contribution >= 0.6 is 11.3 Å². The molecule has 6 heteroatoms. The minimum Gasteiger partial charge on any atom is -0.459 e. The Morgan fingerprint density at radius 1 is 1.07 bits per heavy atom. The first-order valence-corrected chi connectivity index (χ1v) is 9.55. The SMILES string of the molecule is CC(C)(C)OC(=O)CNC(=O)Cc1nc2ccc(-c3ccccc3)cc2s1. The van der Waals surface area contributed by atoms with E-state index < -0.39 is 11.6 Å². The number of nitrogens with one attached hydrogen (secondary N) is 1. The van der Waals surface area contributed by atoms with E-state index in [1.54, 1.807) is 20.8 Å². The van der Waals surface area contributed by atoms with Crippen LogP contribution in [0.1, 0.15) is 25.8 Å². The van der Waals surface area contributed by atoms with Crippen LogP contribution in [-0.2, 0) is 20.7 Å². The van der Waals surface area contributed by atoms with Crippen LogP contribution in [0.3, 0.4) is 0 Å². The summed E-state index contributed by atoms with van der Waals surface area (Å²) in [5.74, 6) is -0.698. The summed E-state index contributed by atoms with van der Waals surface area (Å²) in [7, 11) is 0. The molecule has 0 aliphatic heterocycles. The molecule has 1 amide bonds. The number of hydrogen-bond acceptors (Lipinski definition) is 5. The van der Waals surface area contributed by atoms with Crippen molar-refractivity contribution >= 4 is 33.4 Å². The van der Waals surface area contributed by atoms with Crippen LogP contribution in [0.2, 0.25) is 0 Å². The van der Waals surface area contributed by atoms with Crippen molar-refractivity contribution in [2.45, 2.75) is 32.8 Å². The second-order valence-corrected chi connectivity index (χ2v) is 8.31. The van der Waals surface area contributed by atoms with Crippen LogP contribution in [0.15, 0.2) is 48.5 Å². The minimum atomic E-state index is -0.564. The molecule has 1 aromatic heterocycles. The fourth-order valence-electron chi connectivity index (χ4n) is 2.61. The monoisotopic (exact) mass is 382 g/mol. The van der Waals surface area contributed by atoms with E-state index in [1.165, 1.54) is 11.3 Å². The second-order valence-electron chi connectivity index (χ2n) is 7.20. The second kappa shape index (κ2) is 7.88. The zero-order valence-electron chi connectivity index (χ0n) is 15.6. The molecule has 0 aliphatic rings. The Morgan fingerprint density at radius 3 is 2.52 bits per heavy atom. The minimum absolute atomic E-state index is 0.140. The Kier molecular flexibility index (Phi) is 5.56. The quantitative estimate of drug-likeness (QED) is 0.678. The van der Waals surface area contributed by atoms with Crippen molar-refractivity contribution in [1.29, 1.82) is 0 Å². The van der Waals surface area contributed by atoms with Gasteiger partial charge in [-0.25, -0.2) is 4.98 Å². The highest BCUT2D eigenvalue weighted by Gasteiger charge is 2.17. The van der Waals surface area contributed by atoms with Gasteiger partial charge in [0.15, 0.2) is 0 Å². The van der Waals surface area contributed by atoms with Crippen LogP contribution < -0.4 is 5.32 Å². The van der Waals surface area contributed by atoms with E-state index in [1.807, 2.05) is 30.3 Å². The number of fused-ring (bicyclic) bond motifs is 1. The normalized spacial score (nSPS) is 11.4. The van der Waals surface area contributed by atoms with Gasteiger partial charge < -0.3 is 10.1 Å². The fourth-order valence-corrected chi connectivity index (χ4v) is 3.61. The lowest BCUT2D eigenvalue weighted by molar-refractivity contribution is -0.154. The van der Waals surface area contributed by atoms with Gasteiger partial charge in [0.25, 0.3) is 0 Å². The van der Waals surface area contributed by atoms with Crippen LogP contribution in [0.25, 0.3) is 21.3 Å². The Bertz CT molecular complexity index is 958. The van der Waals surface area contributed by atoms with Gasteiger partial charge in [0.05, 0.1) is 16.6 Å². The third kappa shape index (κ3) is 5.37. The van der Waals surface area contributed by atoms with Crippen molar-refractivity contribution in [2.75, 3.05) is 6.54 Å². The number of rotatable bonds is 5. The van der Waals surface area contributed by atoms with Crippen LogP contribution in [0.4, 0.5) is 0 Å². The molecule has 2 aromatic carbocycles. The highest BCUT2D eigenvalue weighted by Crippen LogP contribution is 2.28. The maximum absolute atomic E-state index is 12.1. The molecular formula is C21H22N2O3S. The molecule has 3 aromatic rings. The Morgan fingerprint density at radius 2 is 1.81 bits per heavy atom. The average molecular weight is 382 g/mol. The lowest BCUT2D eigenvalue weighted by Crippen LogP contribution is -2.35. The number of thiazole rings is 1. The lowest BCUT2D eigenvalue weighted by Gasteiger charge is -2.19. The van der Waals surface area contributed by atoms with E-state index in [0.29, 0.717) is 0 Å². The number of ether oxygens (including phenoxy) is 1. The molecule has 0 fully saturated rings. The van der Waals surface area contributed by atoms with Gasteiger partial charge in [-0.2, -0.15) is 0 Å². The molecule has 140 valence electrons. The van der Waals surface area contributed by atoms with E-state index in [9.17, 15) is 9.59 Å². The zero-order valence-corrected chi connectivity index (χ0v) is 16.4. The maximum Gasteiger partial charge on any atom is 0.325 e. The lowest BCUT2D eigenvalue weighted by atomic mass is 10.1. The Balaban J connectivity index is 1.64. The number of nitrogens with zero attached hydrogens (tertiary/aromatic N) is 1. The summed E-state index contributed by atoms with van der Waals surface area (Å²) in [5.41, 5.74) is 2.57. The summed E-state index contributed by atoms with van der Waals surface area (Å²) in [6.07, 6.45) is 0.142. The van der Waals surface area contributed by atoms with Gasteiger partial charge in [-0.05, 0) is 44.0 Å². The molecule has 0 saturated heterocycles. The van der Waals surface area contributed by atoms with E-state index in [2.05, 4.69) is 28.5 Å². The predicted molar refractivity (Wildman–Crippen MR) is 108 cm³/mol. The number of amides is 1. The molecule has 27 heavy (non-hydrogen) atoms. The predicted octanol–water partition coefficient (Wildman–Crippen LogP) is 3.96. The van der Waals surface area contributed by atoms with Gasteiger partial charge in [-0.15, -0.1) is 11.3 Å². The highest BCUT2D eigenvalue weighted by atomic mass is 32.1. The van der Waals surface area contributed by atoms with Crippen LogP contribution in [-0.4, -0.2) is 29.0 Å². The van der Waals surface area contributed by atoms with Crippen LogP contribution in [0, 0.1) is 0 Å². The average Bonchev–Trinajstić information content (AvgIpc) is 3.00. The van der Waals surface area contributed by atoms with E-state index in [4.69, 9.17) is 4.74 Å². The fraction of sp³-hybridized carbons (Fsp3) is 0.286. The molecule has 0 spiro atoms. The van der Waals surface area contributed by atoms with Crippen molar-refractivity contribution < 1.29 is 14.3 Å². The van der Waals surface area contributed by atoms with Crippen molar-refractivity contribution in [1.82, 2.24) is 10.3 Å². The maximum atomic E-state index is 12.1. The van der Waals surface area contributed by atoms with Crippen molar-refractivity contribution in [3.63, 3.8) is 0 Å². The van der Waals surface area contributed by atoms with Gasteiger partial charge in [0, 0.05) is 0 Å². The number of esters is 1. The number of carbonyl (C=O) groups excluding carboxylic acids is 2. The molecule has 0 aliphatic carbocycles. The van der Waals surface area contributed by atoms with Gasteiger partial charge in [-0.3, -0.25) is 9.59 Å². The van der Waals surface area contributed by atoms with E-state index in [0.717, 1.165) is 26.4 Å². The Hall–Kier alpha value is -2.73. The van der Waals surface area contributed by atoms with E-state index in [-0.39, 0.29) is 18.9 Å². The van der Waals surface area contributed by atoms with Gasteiger partial charge >= 0.3 is 5.97 Å². The standard InChI is InChI=1S/C21H22N2O3S/c1-21(2,3)26-20(25)13-22-18(24)12-19-23-16-10-9-15(11-17(16)27-19)14-7-5-4-6-8-14/h4-11H,12-13H2,1-3H3,(H,22,24). The van der Waals surface area contributed by atoms with Crippen molar-refractivity contribution in [3.8, 4) is 11.1 Å². The molecule has 0 atom stereocenters. The molecule has 0 saturated carbocycles. The summed E-state index contributed by atoms with van der Waals surface area (Å²) >= 11 is 1.49. The summed E-state index contributed by atoms with van der Waals surface area (Å²) in [5, 5.41) is 3.31. The first kappa shape index (κ1) is 19.0. The molecule has 0 radical (unpaired) electrons. The van der Waals surface area contributed by atoms with Gasteiger partial charge in [0.1, 0.15) is 17.2 Å². The largest absolute Gasteiger partial charge is 0.459 e. The Labute approximate surface area is 162 Å². The molecular weight excluding hydrogens is 360 g/mol. The molecule has 0 bridgehead atoms. The van der Waals surface area contributed by atoms with Crippen molar-refractivity contribution in [3.05, 3.63) is 53.5 Å². The highest BCUT2D eigenvalue weighted by molar-refractivity contribution is 7.18. The summed E-state index contributed by atoms with van der Waals surface area (Å²) in [6.45, 7) is 5.23. The zero-order chi connectivity index (χ0) is 19.4. The van der Waals surface area contributed by atoms with Gasteiger partial charge in [-0.1, -0.05) is 36.4 Å². The van der Waals surface area contributed by atoms with E-state index >= 15 is 0 Å². The third-order valence-electron chi connectivity index (χ3n) is 3.70. The first-order valence-electron chi connectivity index (χ1n) is 8.73. The van der Waals surface area contributed by atoms with Crippen molar-refractivity contribution in [2.24, 2.45) is 0 Å². The topological polar surface area (TPSA) is 68.3 Å². The summed E-state index contributed by atoms with van der Waals surface area (Å²) in [4.78, 5) is 28.3. The van der Waals surface area contributed by atoms with Crippen LogP contribution in [0.5, 0.6) is 0 Å². The molecule has 5 nitrogen and oxygen atoms in total. The summed E-state index contributed by atoms with van der Waals surface area (Å²) in [6, 6.07) is 16.2. The number of aromatic nitrogens is 1. The number of benzene rings is 2. The smallest absolute Gasteiger partial charge is 0.325 e. The number of hydrogen-bond donors (Lipinski definition) is 1. The third-order valence-corrected chi connectivity index (χ3v) is 4.72. The number of carbonyl (C=O) groups is 2. The molecule has 1 N–H and O–H groups in total. The molecule has 1 heterocycles. The van der Waals surface area contributed by atoms with Gasteiger partial charge in [0.2, 0.25) is 5.91 Å². The first-order chi connectivity index (χ1) is 12.8. The molecule has 3 rings (SSSR count). The summed E-state index contributed by atoms with van der Waals surface area (Å²) < 4.78 is 6.21. The molecule has 0 unspecified atom stereocenters.